The van der Waals surface area contributed by atoms with Crippen molar-refractivity contribution in [3.05, 3.63) is 58.1 Å². The quantitative estimate of drug-likeness (QED) is 0.813. The highest BCUT2D eigenvalue weighted by atomic mass is 79.9. The van der Waals surface area contributed by atoms with Gasteiger partial charge >= 0.3 is 0 Å². The summed E-state index contributed by atoms with van der Waals surface area (Å²) in [6, 6.07) is 9.01. The molecule has 0 radical (unpaired) electrons. The molecule has 0 spiro atoms. The minimum Gasteiger partial charge on any atom is -0.457 e. The van der Waals surface area contributed by atoms with Crippen molar-refractivity contribution in [2.75, 3.05) is 0 Å². The van der Waals surface area contributed by atoms with E-state index in [0.29, 0.717) is 28.1 Å². The third-order valence-electron chi connectivity index (χ3n) is 2.84. The first-order chi connectivity index (χ1) is 9.95. The van der Waals surface area contributed by atoms with Crippen molar-refractivity contribution in [2.24, 2.45) is 0 Å². The average molecular weight is 356 g/mol. The maximum Gasteiger partial charge on any atom is 0.137 e. The second kappa shape index (κ2) is 7.00. The first-order valence-corrected chi connectivity index (χ1v) is 7.39. The number of nitrogens with one attached hydrogen (secondary N) is 1. The molecule has 0 aliphatic carbocycles. The van der Waals surface area contributed by atoms with Crippen molar-refractivity contribution >= 4 is 15.9 Å². The van der Waals surface area contributed by atoms with Gasteiger partial charge in [-0.2, -0.15) is 0 Å². The predicted octanol–water partition coefficient (Wildman–Crippen LogP) is 5.02. The monoisotopic (exact) mass is 355 g/mol. The summed E-state index contributed by atoms with van der Waals surface area (Å²) in [7, 11) is 0. The lowest BCUT2D eigenvalue weighted by Gasteiger charge is -2.14. The molecular weight excluding hydrogens is 340 g/mol. The summed E-state index contributed by atoms with van der Waals surface area (Å²) in [6.45, 7) is 4.51. The largest absolute Gasteiger partial charge is 0.457 e. The van der Waals surface area contributed by atoms with E-state index in [1.807, 2.05) is 13.8 Å². The molecule has 0 unspecified atom stereocenters. The Hall–Kier alpha value is -1.46. The molecule has 0 bridgehead atoms. The second-order valence-corrected chi connectivity index (χ2v) is 5.82. The van der Waals surface area contributed by atoms with Gasteiger partial charge in [-0.25, -0.2) is 8.78 Å². The molecule has 2 rings (SSSR count). The molecule has 0 heterocycles. The molecule has 2 aromatic rings. The lowest BCUT2D eigenvalue weighted by molar-refractivity contribution is 0.464. The Labute approximate surface area is 131 Å². The molecule has 2 nitrogen and oxygen atoms in total. The molecule has 0 fully saturated rings. The lowest BCUT2D eigenvalue weighted by Crippen LogP contribution is -2.22. The molecule has 21 heavy (non-hydrogen) atoms. The minimum absolute atomic E-state index is 0.279. The Morgan fingerprint density at radius 1 is 1.14 bits per heavy atom. The number of ether oxygens (including phenoxy) is 1. The van der Waals surface area contributed by atoms with Crippen LogP contribution in [-0.2, 0) is 6.54 Å². The average Bonchev–Trinajstić information content (AvgIpc) is 2.43. The van der Waals surface area contributed by atoms with Crippen molar-refractivity contribution in [3.8, 4) is 11.5 Å². The molecule has 0 atom stereocenters. The number of rotatable bonds is 5. The highest BCUT2D eigenvalue weighted by molar-refractivity contribution is 9.10. The molecule has 0 aliphatic heterocycles. The van der Waals surface area contributed by atoms with Gasteiger partial charge in [0.15, 0.2) is 0 Å². The van der Waals surface area contributed by atoms with Crippen molar-refractivity contribution < 1.29 is 13.5 Å². The fourth-order valence-electron chi connectivity index (χ4n) is 1.77. The van der Waals surface area contributed by atoms with Crippen LogP contribution in [0.1, 0.15) is 19.4 Å². The lowest BCUT2D eigenvalue weighted by atomic mass is 10.2. The maximum atomic E-state index is 13.4. The van der Waals surface area contributed by atoms with E-state index in [1.54, 1.807) is 12.1 Å². The van der Waals surface area contributed by atoms with Crippen LogP contribution in [0, 0.1) is 11.6 Å². The van der Waals surface area contributed by atoms with E-state index >= 15 is 0 Å². The normalized spacial score (nSPS) is 11.0. The van der Waals surface area contributed by atoms with Gasteiger partial charge < -0.3 is 10.1 Å². The van der Waals surface area contributed by atoms with Gasteiger partial charge in [0, 0.05) is 18.2 Å². The van der Waals surface area contributed by atoms with Gasteiger partial charge in [0.2, 0.25) is 0 Å². The summed E-state index contributed by atoms with van der Waals surface area (Å²) in [5.74, 6) is 0.357. The smallest absolute Gasteiger partial charge is 0.137 e. The maximum absolute atomic E-state index is 13.4. The molecule has 0 saturated carbocycles. The summed E-state index contributed by atoms with van der Waals surface area (Å²) >= 11 is 3.11. The highest BCUT2D eigenvalue weighted by Crippen LogP contribution is 2.29. The molecular formula is C16H16BrF2NO. The molecule has 1 N–H and O–H groups in total. The van der Waals surface area contributed by atoms with Crippen molar-refractivity contribution in [3.63, 3.8) is 0 Å². The third-order valence-corrected chi connectivity index (χ3v) is 3.45. The Morgan fingerprint density at radius 2 is 1.90 bits per heavy atom. The van der Waals surface area contributed by atoms with E-state index in [9.17, 15) is 8.78 Å². The van der Waals surface area contributed by atoms with E-state index in [0.717, 1.165) is 0 Å². The third kappa shape index (κ3) is 4.51. The number of halogens is 3. The van der Waals surface area contributed by atoms with Crippen LogP contribution in [0.2, 0.25) is 0 Å². The molecule has 0 aliphatic rings. The standard InChI is InChI=1S/C16H16BrF2NO/c1-10(2)20-9-11-7-12(18)3-6-16(11)21-13-4-5-15(19)14(17)8-13/h3-8,10,20H,9H2,1-2H3. The Bertz CT molecular complexity index is 632. The van der Waals surface area contributed by atoms with Crippen LogP contribution in [0.15, 0.2) is 40.9 Å². The zero-order chi connectivity index (χ0) is 15.4. The van der Waals surface area contributed by atoms with Gasteiger partial charge in [0.25, 0.3) is 0 Å². The van der Waals surface area contributed by atoms with Gasteiger partial charge in [-0.1, -0.05) is 13.8 Å². The summed E-state index contributed by atoms with van der Waals surface area (Å²) in [5, 5.41) is 3.22. The van der Waals surface area contributed by atoms with Gasteiger partial charge in [-0.15, -0.1) is 0 Å². The van der Waals surface area contributed by atoms with E-state index in [2.05, 4.69) is 21.2 Å². The van der Waals surface area contributed by atoms with Crippen LogP contribution in [-0.4, -0.2) is 6.04 Å². The van der Waals surface area contributed by atoms with E-state index in [-0.39, 0.29) is 17.7 Å². The molecule has 0 saturated heterocycles. The molecule has 0 amide bonds. The van der Waals surface area contributed by atoms with Crippen LogP contribution in [0.3, 0.4) is 0 Å². The Balaban J connectivity index is 2.23. The fraction of sp³-hybridized carbons (Fsp3) is 0.250. The van der Waals surface area contributed by atoms with Crippen molar-refractivity contribution in [1.82, 2.24) is 5.32 Å². The first kappa shape index (κ1) is 15.9. The summed E-state index contributed by atoms with van der Waals surface area (Å²) in [5.41, 5.74) is 0.712. The topological polar surface area (TPSA) is 21.3 Å². The van der Waals surface area contributed by atoms with Crippen LogP contribution in [0.4, 0.5) is 8.78 Å². The molecule has 2 aromatic carbocycles. The van der Waals surface area contributed by atoms with E-state index in [4.69, 9.17) is 4.74 Å². The SMILES string of the molecule is CC(C)NCc1cc(F)ccc1Oc1ccc(F)c(Br)c1. The fourth-order valence-corrected chi connectivity index (χ4v) is 2.12. The van der Waals surface area contributed by atoms with Crippen LogP contribution in [0.5, 0.6) is 11.5 Å². The highest BCUT2D eigenvalue weighted by Gasteiger charge is 2.09. The van der Waals surface area contributed by atoms with Gasteiger partial charge in [0.05, 0.1) is 4.47 Å². The van der Waals surface area contributed by atoms with Gasteiger partial charge in [0.1, 0.15) is 23.1 Å². The minimum atomic E-state index is -0.358. The number of hydrogen-bond acceptors (Lipinski definition) is 2. The molecule has 5 heteroatoms. The molecule has 112 valence electrons. The Kier molecular flexibility index (Phi) is 5.31. The zero-order valence-corrected chi connectivity index (χ0v) is 13.4. The van der Waals surface area contributed by atoms with Crippen molar-refractivity contribution in [1.29, 1.82) is 0 Å². The number of hydrogen-bond donors (Lipinski definition) is 1. The van der Waals surface area contributed by atoms with Gasteiger partial charge in [-0.3, -0.25) is 0 Å². The predicted molar refractivity (Wildman–Crippen MR) is 82.5 cm³/mol. The summed E-state index contributed by atoms with van der Waals surface area (Å²) in [4.78, 5) is 0. The van der Waals surface area contributed by atoms with Gasteiger partial charge in [-0.05, 0) is 52.3 Å². The van der Waals surface area contributed by atoms with E-state index < -0.39 is 0 Å². The van der Waals surface area contributed by atoms with Crippen LogP contribution < -0.4 is 10.1 Å². The van der Waals surface area contributed by atoms with Crippen molar-refractivity contribution in [2.45, 2.75) is 26.4 Å². The summed E-state index contributed by atoms with van der Waals surface area (Å²) in [6.07, 6.45) is 0. The second-order valence-electron chi connectivity index (χ2n) is 4.97. The van der Waals surface area contributed by atoms with Crippen LogP contribution in [0.25, 0.3) is 0 Å². The zero-order valence-electron chi connectivity index (χ0n) is 11.8. The van der Waals surface area contributed by atoms with E-state index in [1.165, 1.54) is 24.3 Å². The molecule has 0 aromatic heterocycles. The Morgan fingerprint density at radius 3 is 2.57 bits per heavy atom. The first-order valence-electron chi connectivity index (χ1n) is 6.60. The summed E-state index contributed by atoms with van der Waals surface area (Å²) < 4.78 is 32.7. The van der Waals surface area contributed by atoms with Crippen LogP contribution >= 0.6 is 15.9 Å². The number of benzene rings is 2.